The fourth-order valence-corrected chi connectivity index (χ4v) is 2.11. The number of anilines is 1. The maximum Gasteiger partial charge on any atom is 0.124 e. The third-order valence-electron chi connectivity index (χ3n) is 3.52. The van der Waals surface area contributed by atoms with Gasteiger partial charge in [0, 0.05) is 17.8 Å². The molecule has 0 aliphatic rings. The van der Waals surface area contributed by atoms with Gasteiger partial charge in [0.25, 0.3) is 0 Å². The fourth-order valence-electron chi connectivity index (χ4n) is 2.11. The van der Waals surface area contributed by atoms with E-state index in [0.717, 1.165) is 35.7 Å². The Bertz CT molecular complexity index is 566. The van der Waals surface area contributed by atoms with Gasteiger partial charge in [-0.25, -0.2) is 0 Å². The molecule has 0 fully saturated rings. The molecular weight excluding hydrogens is 274 g/mol. The maximum absolute atomic E-state index is 5.78. The Morgan fingerprint density at radius 1 is 1.00 bits per heavy atom. The molecule has 0 aliphatic heterocycles. The predicted molar refractivity (Wildman–Crippen MR) is 91.8 cm³/mol. The maximum atomic E-state index is 5.78. The number of nitrogens with one attached hydrogen (secondary N) is 1. The van der Waals surface area contributed by atoms with Gasteiger partial charge in [0.1, 0.15) is 11.5 Å². The van der Waals surface area contributed by atoms with Crippen LogP contribution in [0.4, 0.5) is 5.69 Å². The molecule has 2 aromatic carbocycles. The van der Waals surface area contributed by atoms with Crippen molar-refractivity contribution in [3.63, 3.8) is 0 Å². The van der Waals surface area contributed by atoms with Gasteiger partial charge in [-0.3, -0.25) is 0 Å². The molecule has 1 unspecified atom stereocenters. The van der Waals surface area contributed by atoms with E-state index in [4.69, 9.17) is 9.47 Å². The number of rotatable bonds is 8. The third kappa shape index (κ3) is 4.69. The summed E-state index contributed by atoms with van der Waals surface area (Å²) in [7, 11) is 0. The first kappa shape index (κ1) is 16.2. The highest BCUT2D eigenvalue weighted by atomic mass is 16.5. The van der Waals surface area contributed by atoms with Gasteiger partial charge in [-0.05, 0) is 50.6 Å². The SMILES string of the molecule is CCOc1ccccc1CNc1ccc(OC(C)CC)cc1. The first-order valence-corrected chi connectivity index (χ1v) is 7.94. The minimum Gasteiger partial charge on any atom is -0.494 e. The van der Waals surface area contributed by atoms with E-state index in [0.29, 0.717) is 6.61 Å². The largest absolute Gasteiger partial charge is 0.494 e. The van der Waals surface area contributed by atoms with Crippen LogP contribution in [0.5, 0.6) is 11.5 Å². The number of hydrogen-bond acceptors (Lipinski definition) is 3. The zero-order valence-corrected chi connectivity index (χ0v) is 13.6. The fraction of sp³-hybridized carbons (Fsp3) is 0.368. The molecule has 0 amide bonds. The van der Waals surface area contributed by atoms with Crippen LogP contribution in [0, 0.1) is 0 Å². The van der Waals surface area contributed by atoms with Crippen LogP contribution in [0.15, 0.2) is 48.5 Å². The molecule has 3 heteroatoms. The molecule has 0 saturated heterocycles. The topological polar surface area (TPSA) is 30.5 Å². The molecular formula is C19H25NO2. The Morgan fingerprint density at radius 3 is 2.41 bits per heavy atom. The molecule has 2 rings (SSSR count). The lowest BCUT2D eigenvalue weighted by atomic mass is 10.2. The van der Waals surface area contributed by atoms with Crippen molar-refractivity contribution in [2.45, 2.75) is 39.8 Å². The van der Waals surface area contributed by atoms with Gasteiger partial charge in [0.2, 0.25) is 0 Å². The molecule has 1 atom stereocenters. The molecule has 3 nitrogen and oxygen atoms in total. The molecule has 0 aromatic heterocycles. The van der Waals surface area contributed by atoms with Crippen LogP contribution in [0.25, 0.3) is 0 Å². The van der Waals surface area contributed by atoms with Gasteiger partial charge < -0.3 is 14.8 Å². The van der Waals surface area contributed by atoms with Gasteiger partial charge >= 0.3 is 0 Å². The van der Waals surface area contributed by atoms with E-state index in [9.17, 15) is 0 Å². The van der Waals surface area contributed by atoms with E-state index in [2.05, 4.69) is 25.2 Å². The molecule has 0 aliphatic carbocycles. The predicted octanol–water partition coefficient (Wildman–Crippen LogP) is 4.87. The Balaban J connectivity index is 1.94. The summed E-state index contributed by atoms with van der Waals surface area (Å²) in [5.41, 5.74) is 2.23. The number of ether oxygens (including phenoxy) is 2. The highest BCUT2D eigenvalue weighted by molar-refractivity contribution is 5.48. The molecule has 118 valence electrons. The normalized spacial score (nSPS) is 11.8. The quantitative estimate of drug-likeness (QED) is 0.754. The molecule has 22 heavy (non-hydrogen) atoms. The van der Waals surface area contributed by atoms with Crippen molar-refractivity contribution in [1.29, 1.82) is 0 Å². The minimum absolute atomic E-state index is 0.247. The second-order valence-corrected chi connectivity index (χ2v) is 5.26. The van der Waals surface area contributed by atoms with Crippen LogP contribution in [0.2, 0.25) is 0 Å². The number of benzene rings is 2. The second-order valence-electron chi connectivity index (χ2n) is 5.26. The van der Waals surface area contributed by atoms with Crippen LogP contribution in [0.3, 0.4) is 0 Å². The molecule has 0 bridgehead atoms. The average Bonchev–Trinajstić information content (AvgIpc) is 2.55. The van der Waals surface area contributed by atoms with Crippen molar-refractivity contribution in [3.05, 3.63) is 54.1 Å². The average molecular weight is 299 g/mol. The molecule has 0 saturated carbocycles. The van der Waals surface area contributed by atoms with Crippen molar-refractivity contribution < 1.29 is 9.47 Å². The lowest BCUT2D eigenvalue weighted by Gasteiger charge is -2.14. The minimum atomic E-state index is 0.247. The van der Waals surface area contributed by atoms with Crippen LogP contribution in [0.1, 0.15) is 32.8 Å². The summed E-state index contributed by atoms with van der Waals surface area (Å²) in [6.07, 6.45) is 1.26. The van der Waals surface area contributed by atoms with E-state index in [1.54, 1.807) is 0 Å². The van der Waals surface area contributed by atoms with Crippen LogP contribution in [-0.2, 0) is 6.54 Å². The van der Waals surface area contributed by atoms with Crippen LogP contribution >= 0.6 is 0 Å². The number of hydrogen-bond donors (Lipinski definition) is 1. The molecule has 2 aromatic rings. The summed E-state index contributed by atoms with van der Waals surface area (Å²) < 4.78 is 11.4. The van der Waals surface area contributed by atoms with Crippen molar-refractivity contribution in [1.82, 2.24) is 0 Å². The zero-order valence-electron chi connectivity index (χ0n) is 13.6. The van der Waals surface area contributed by atoms with E-state index >= 15 is 0 Å². The Hall–Kier alpha value is -2.16. The smallest absolute Gasteiger partial charge is 0.124 e. The van der Waals surface area contributed by atoms with E-state index < -0.39 is 0 Å². The first-order valence-electron chi connectivity index (χ1n) is 7.94. The lowest BCUT2D eigenvalue weighted by Crippen LogP contribution is -2.09. The van der Waals surface area contributed by atoms with Crippen molar-refractivity contribution >= 4 is 5.69 Å². The van der Waals surface area contributed by atoms with E-state index in [-0.39, 0.29) is 6.10 Å². The van der Waals surface area contributed by atoms with Crippen molar-refractivity contribution in [2.24, 2.45) is 0 Å². The van der Waals surface area contributed by atoms with Crippen molar-refractivity contribution in [3.8, 4) is 11.5 Å². The third-order valence-corrected chi connectivity index (χ3v) is 3.52. The molecule has 1 N–H and O–H groups in total. The van der Waals surface area contributed by atoms with Gasteiger partial charge in [-0.15, -0.1) is 0 Å². The van der Waals surface area contributed by atoms with Gasteiger partial charge in [0.05, 0.1) is 12.7 Å². The Labute approximate surface area is 133 Å². The van der Waals surface area contributed by atoms with Gasteiger partial charge in [-0.2, -0.15) is 0 Å². The molecule has 0 spiro atoms. The highest BCUT2D eigenvalue weighted by Gasteiger charge is 2.03. The number of para-hydroxylation sites is 1. The Morgan fingerprint density at radius 2 is 1.73 bits per heavy atom. The highest BCUT2D eigenvalue weighted by Crippen LogP contribution is 2.21. The van der Waals surface area contributed by atoms with E-state index in [1.165, 1.54) is 0 Å². The lowest BCUT2D eigenvalue weighted by molar-refractivity contribution is 0.217. The van der Waals surface area contributed by atoms with Crippen LogP contribution in [-0.4, -0.2) is 12.7 Å². The van der Waals surface area contributed by atoms with Gasteiger partial charge in [-0.1, -0.05) is 25.1 Å². The second kappa shape index (κ2) is 8.32. The van der Waals surface area contributed by atoms with Crippen LogP contribution < -0.4 is 14.8 Å². The molecule has 0 radical (unpaired) electrons. The Kier molecular flexibility index (Phi) is 6.13. The summed E-state index contributed by atoms with van der Waals surface area (Å²) in [5.74, 6) is 1.85. The first-order chi connectivity index (χ1) is 10.7. The van der Waals surface area contributed by atoms with Crippen molar-refractivity contribution in [2.75, 3.05) is 11.9 Å². The van der Waals surface area contributed by atoms with Gasteiger partial charge in [0.15, 0.2) is 0 Å². The zero-order chi connectivity index (χ0) is 15.8. The molecule has 0 heterocycles. The summed E-state index contributed by atoms with van der Waals surface area (Å²) in [5, 5.41) is 3.42. The van der Waals surface area contributed by atoms with E-state index in [1.807, 2.05) is 49.4 Å². The standard InChI is InChI=1S/C19H25NO2/c1-4-15(3)22-18-12-10-17(11-13-18)20-14-16-8-6-7-9-19(16)21-5-2/h6-13,15,20H,4-5,14H2,1-3H3. The summed E-state index contributed by atoms with van der Waals surface area (Å²) in [6, 6.07) is 16.2. The summed E-state index contributed by atoms with van der Waals surface area (Å²) in [4.78, 5) is 0. The summed E-state index contributed by atoms with van der Waals surface area (Å²) >= 11 is 0. The monoisotopic (exact) mass is 299 g/mol. The summed E-state index contributed by atoms with van der Waals surface area (Å²) in [6.45, 7) is 7.62.